The molecule has 0 unspecified atom stereocenters. The molecule has 6 rings (SSSR count). The van der Waals surface area contributed by atoms with Crippen molar-refractivity contribution in [2.45, 2.75) is 26.9 Å². The average Bonchev–Trinajstić information content (AvgIpc) is 3.64. The van der Waals surface area contributed by atoms with Gasteiger partial charge in [0.05, 0.1) is 36.4 Å². The standard InChI is InChI=1S/C30H27N3O4/c1-3-35-30(34)26-16-32(15-25(26)24-10-6-8-22-7-4-5-9-23(22)24)17-27-20(2)31-18-33(27)14-21-11-12-28-29(13-21)37-19-36-28/h4-13,15-16,18H,3,14,17,19H2,1-2H3. The maximum absolute atomic E-state index is 13.0. The van der Waals surface area contributed by atoms with Crippen LogP contribution in [-0.4, -0.2) is 33.5 Å². The van der Waals surface area contributed by atoms with Gasteiger partial charge in [-0.05, 0) is 47.9 Å². The van der Waals surface area contributed by atoms with E-state index < -0.39 is 0 Å². The van der Waals surface area contributed by atoms with Crippen molar-refractivity contribution >= 4 is 16.7 Å². The molecule has 7 heteroatoms. The number of imidazole rings is 1. The van der Waals surface area contributed by atoms with Crippen LogP contribution in [0.25, 0.3) is 21.9 Å². The van der Waals surface area contributed by atoms with E-state index in [0.29, 0.717) is 25.3 Å². The summed E-state index contributed by atoms with van der Waals surface area (Å²) >= 11 is 0. The summed E-state index contributed by atoms with van der Waals surface area (Å²) in [5.41, 5.74) is 5.52. The number of carbonyl (C=O) groups is 1. The van der Waals surface area contributed by atoms with Crippen LogP contribution in [-0.2, 0) is 17.8 Å². The van der Waals surface area contributed by atoms with Crippen molar-refractivity contribution < 1.29 is 19.0 Å². The van der Waals surface area contributed by atoms with Gasteiger partial charge in [0, 0.05) is 24.5 Å². The van der Waals surface area contributed by atoms with Crippen LogP contribution in [0.3, 0.4) is 0 Å². The monoisotopic (exact) mass is 493 g/mol. The van der Waals surface area contributed by atoms with Crippen LogP contribution in [0.5, 0.6) is 11.5 Å². The summed E-state index contributed by atoms with van der Waals surface area (Å²) in [7, 11) is 0. The minimum absolute atomic E-state index is 0.254. The molecule has 0 fully saturated rings. The van der Waals surface area contributed by atoms with E-state index in [9.17, 15) is 4.79 Å². The van der Waals surface area contributed by atoms with E-state index >= 15 is 0 Å². The second kappa shape index (κ2) is 9.50. The first-order valence-corrected chi connectivity index (χ1v) is 12.3. The Morgan fingerprint density at radius 3 is 2.70 bits per heavy atom. The minimum Gasteiger partial charge on any atom is -0.462 e. The van der Waals surface area contributed by atoms with Crippen LogP contribution in [0.1, 0.15) is 34.2 Å². The molecule has 0 bridgehead atoms. The molecule has 0 saturated carbocycles. The average molecular weight is 494 g/mol. The maximum Gasteiger partial charge on any atom is 0.340 e. The van der Waals surface area contributed by atoms with Gasteiger partial charge in [0.1, 0.15) is 0 Å². The number of nitrogens with zero attached hydrogens (tertiary/aromatic N) is 3. The summed E-state index contributed by atoms with van der Waals surface area (Å²) in [5, 5.41) is 2.22. The number of rotatable bonds is 7. The number of esters is 1. The molecule has 0 N–H and O–H groups in total. The second-order valence-electron chi connectivity index (χ2n) is 9.10. The fraction of sp³-hybridized carbons (Fsp3) is 0.200. The van der Waals surface area contributed by atoms with Gasteiger partial charge >= 0.3 is 5.97 Å². The molecule has 0 amide bonds. The van der Waals surface area contributed by atoms with Crippen LogP contribution < -0.4 is 9.47 Å². The third-order valence-corrected chi connectivity index (χ3v) is 6.73. The molecule has 7 nitrogen and oxygen atoms in total. The Morgan fingerprint density at radius 2 is 1.81 bits per heavy atom. The van der Waals surface area contributed by atoms with Crippen molar-refractivity contribution in [1.82, 2.24) is 14.1 Å². The van der Waals surface area contributed by atoms with E-state index in [-0.39, 0.29) is 12.8 Å². The lowest BCUT2D eigenvalue weighted by Gasteiger charge is -2.11. The highest BCUT2D eigenvalue weighted by Crippen LogP contribution is 2.34. The lowest BCUT2D eigenvalue weighted by Crippen LogP contribution is -2.09. The number of benzene rings is 3. The van der Waals surface area contributed by atoms with Gasteiger partial charge in [-0.1, -0.05) is 48.5 Å². The summed E-state index contributed by atoms with van der Waals surface area (Å²) in [4.78, 5) is 17.6. The maximum atomic E-state index is 13.0. The van der Waals surface area contributed by atoms with Crippen molar-refractivity contribution in [1.29, 1.82) is 0 Å². The number of aryl methyl sites for hydroxylation is 1. The first kappa shape index (κ1) is 22.9. The van der Waals surface area contributed by atoms with Gasteiger partial charge in [-0.15, -0.1) is 0 Å². The number of aromatic nitrogens is 3. The Balaban J connectivity index is 1.36. The molecule has 0 atom stereocenters. The molecule has 5 aromatic rings. The smallest absolute Gasteiger partial charge is 0.340 e. The van der Waals surface area contributed by atoms with Crippen molar-refractivity contribution in [2.75, 3.05) is 13.4 Å². The Labute approximate surface area is 214 Å². The summed E-state index contributed by atoms with van der Waals surface area (Å²) in [6.45, 7) is 5.62. The normalized spacial score (nSPS) is 12.3. The van der Waals surface area contributed by atoms with Crippen molar-refractivity contribution in [3.8, 4) is 22.6 Å². The molecular weight excluding hydrogens is 466 g/mol. The molecular formula is C30H27N3O4. The highest BCUT2D eigenvalue weighted by atomic mass is 16.7. The van der Waals surface area contributed by atoms with Crippen LogP contribution in [0.4, 0.5) is 0 Å². The van der Waals surface area contributed by atoms with Gasteiger partial charge in [-0.25, -0.2) is 9.78 Å². The molecule has 0 saturated heterocycles. The highest BCUT2D eigenvalue weighted by molar-refractivity contribution is 6.04. The van der Waals surface area contributed by atoms with E-state index in [2.05, 4.69) is 33.8 Å². The van der Waals surface area contributed by atoms with Gasteiger partial charge in [0.25, 0.3) is 0 Å². The molecule has 2 aromatic heterocycles. The number of hydrogen-bond donors (Lipinski definition) is 0. The molecule has 3 heterocycles. The Bertz CT molecular complexity index is 1610. The van der Waals surface area contributed by atoms with Crippen LogP contribution in [0.2, 0.25) is 0 Å². The van der Waals surface area contributed by atoms with Gasteiger partial charge in [0.15, 0.2) is 11.5 Å². The van der Waals surface area contributed by atoms with Crippen molar-refractivity contribution in [3.63, 3.8) is 0 Å². The quantitative estimate of drug-likeness (QED) is 0.268. The predicted molar refractivity (Wildman–Crippen MR) is 141 cm³/mol. The summed E-state index contributed by atoms with van der Waals surface area (Å²) in [5.74, 6) is 1.21. The van der Waals surface area contributed by atoms with Crippen LogP contribution in [0, 0.1) is 6.92 Å². The van der Waals surface area contributed by atoms with E-state index in [1.807, 2.05) is 73.5 Å². The Morgan fingerprint density at radius 1 is 0.973 bits per heavy atom. The number of carbonyl (C=O) groups excluding carboxylic acids is 1. The van der Waals surface area contributed by atoms with E-state index in [1.54, 1.807) is 0 Å². The van der Waals surface area contributed by atoms with E-state index in [4.69, 9.17) is 14.2 Å². The number of hydrogen-bond acceptors (Lipinski definition) is 5. The Kier molecular flexibility index (Phi) is 5.88. The second-order valence-corrected chi connectivity index (χ2v) is 9.10. The van der Waals surface area contributed by atoms with Crippen LogP contribution in [0.15, 0.2) is 79.4 Å². The first-order chi connectivity index (χ1) is 18.1. The lowest BCUT2D eigenvalue weighted by molar-refractivity contribution is 0.0527. The molecule has 0 radical (unpaired) electrons. The van der Waals surface area contributed by atoms with Gasteiger partial charge < -0.3 is 23.3 Å². The summed E-state index contributed by atoms with van der Waals surface area (Å²) in [6.07, 6.45) is 5.77. The van der Waals surface area contributed by atoms with E-state index in [1.165, 1.54) is 0 Å². The SMILES string of the molecule is CCOC(=O)c1cn(Cc2c(C)ncn2Cc2ccc3c(c2)OCO3)cc1-c1cccc2ccccc12. The van der Waals surface area contributed by atoms with Crippen molar-refractivity contribution in [2.24, 2.45) is 0 Å². The fourth-order valence-electron chi connectivity index (χ4n) is 4.90. The first-order valence-electron chi connectivity index (χ1n) is 12.3. The van der Waals surface area contributed by atoms with Crippen molar-refractivity contribution in [3.05, 3.63) is 102 Å². The van der Waals surface area contributed by atoms with Crippen LogP contribution >= 0.6 is 0 Å². The lowest BCUT2D eigenvalue weighted by atomic mass is 9.98. The Hall–Kier alpha value is -4.52. The van der Waals surface area contributed by atoms with Gasteiger partial charge in [-0.2, -0.15) is 0 Å². The number of fused-ring (bicyclic) bond motifs is 2. The van der Waals surface area contributed by atoms with Gasteiger partial charge in [0.2, 0.25) is 6.79 Å². The molecule has 0 aliphatic carbocycles. The highest BCUT2D eigenvalue weighted by Gasteiger charge is 2.20. The van der Waals surface area contributed by atoms with E-state index in [0.717, 1.165) is 50.3 Å². The topological polar surface area (TPSA) is 67.5 Å². The summed E-state index contributed by atoms with van der Waals surface area (Å²) in [6, 6.07) is 20.4. The molecule has 1 aliphatic heterocycles. The zero-order valence-electron chi connectivity index (χ0n) is 20.8. The zero-order valence-corrected chi connectivity index (χ0v) is 20.8. The fourth-order valence-corrected chi connectivity index (χ4v) is 4.90. The molecule has 37 heavy (non-hydrogen) atoms. The summed E-state index contributed by atoms with van der Waals surface area (Å²) < 4.78 is 20.6. The zero-order chi connectivity index (χ0) is 25.4. The number of ether oxygens (including phenoxy) is 3. The predicted octanol–water partition coefficient (Wildman–Crippen LogP) is 5.82. The molecule has 186 valence electrons. The largest absolute Gasteiger partial charge is 0.462 e. The minimum atomic E-state index is -0.324. The third-order valence-electron chi connectivity index (χ3n) is 6.73. The molecule has 0 spiro atoms. The van der Waals surface area contributed by atoms with Gasteiger partial charge in [-0.3, -0.25) is 0 Å². The molecule has 3 aromatic carbocycles. The third kappa shape index (κ3) is 4.33. The molecule has 1 aliphatic rings.